The predicted octanol–water partition coefficient (Wildman–Crippen LogP) is 4.81. The standard InChI is InChI=1S/C11H10Br2N2S/c1-2-8(12)11-15-14-10(16-11)7-5-3-4-6-9(7)13/h3-6,8H,2H2,1H3. The molecule has 0 spiro atoms. The fourth-order valence-corrected chi connectivity index (χ4v) is 3.20. The smallest absolute Gasteiger partial charge is 0.142 e. The van der Waals surface area contributed by atoms with Crippen molar-refractivity contribution < 1.29 is 0 Å². The normalized spacial score (nSPS) is 12.7. The number of aromatic nitrogens is 2. The van der Waals surface area contributed by atoms with E-state index in [1.165, 1.54) is 0 Å². The van der Waals surface area contributed by atoms with Crippen LogP contribution in [0.25, 0.3) is 10.6 Å². The van der Waals surface area contributed by atoms with Crippen molar-refractivity contribution in [3.05, 3.63) is 33.7 Å². The first-order chi connectivity index (χ1) is 7.72. The molecule has 0 amide bonds. The van der Waals surface area contributed by atoms with Crippen molar-refractivity contribution in [1.82, 2.24) is 10.2 Å². The molecule has 2 rings (SSSR count). The van der Waals surface area contributed by atoms with E-state index in [0.717, 1.165) is 26.5 Å². The van der Waals surface area contributed by atoms with E-state index in [1.54, 1.807) is 11.3 Å². The molecule has 0 saturated heterocycles. The van der Waals surface area contributed by atoms with Gasteiger partial charge in [-0.25, -0.2) is 0 Å². The number of alkyl halides is 1. The van der Waals surface area contributed by atoms with Crippen LogP contribution in [0.5, 0.6) is 0 Å². The maximum absolute atomic E-state index is 4.22. The van der Waals surface area contributed by atoms with Gasteiger partial charge in [0.15, 0.2) is 0 Å². The van der Waals surface area contributed by atoms with Crippen LogP contribution in [0.4, 0.5) is 0 Å². The lowest BCUT2D eigenvalue weighted by atomic mass is 10.2. The number of hydrogen-bond acceptors (Lipinski definition) is 3. The van der Waals surface area contributed by atoms with Crippen LogP contribution in [0.1, 0.15) is 23.2 Å². The minimum absolute atomic E-state index is 0.307. The average Bonchev–Trinajstić information content (AvgIpc) is 2.78. The molecule has 2 nitrogen and oxygen atoms in total. The Kier molecular flexibility index (Phi) is 4.10. The molecule has 1 aromatic carbocycles. The van der Waals surface area contributed by atoms with Crippen molar-refractivity contribution in [1.29, 1.82) is 0 Å². The van der Waals surface area contributed by atoms with Crippen LogP contribution in [0.2, 0.25) is 0 Å². The SMILES string of the molecule is CCC(Br)c1nnc(-c2ccccc2Br)s1. The molecular weight excluding hydrogens is 352 g/mol. The molecule has 0 saturated carbocycles. The molecule has 16 heavy (non-hydrogen) atoms. The Labute approximate surface area is 115 Å². The van der Waals surface area contributed by atoms with Crippen LogP contribution in [-0.4, -0.2) is 10.2 Å². The van der Waals surface area contributed by atoms with Crippen molar-refractivity contribution in [3.63, 3.8) is 0 Å². The van der Waals surface area contributed by atoms with Crippen molar-refractivity contribution in [3.8, 4) is 10.6 Å². The number of nitrogens with zero attached hydrogens (tertiary/aromatic N) is 2. The minimum Gasteiger partial charge on any atom is -0.142 e. The second-order valence-corrected chi connectivity index (χ2v) is 6.27. The van der Waals surface area contributed by atoms with E-state index in [1.807, 2.05) is 24.3 Å². The summed E-state index contributed by atoms with van der Waals surface area (Å²) >= 11 is 8.74. The first kappa shape index (κ1) is 12.2. The van der Waals surface area contributed by atoms with Gasteiger partial charge in [0.1, 0.15) is 10.0 Å². The fourth-order valence-electron chi connectivity index (χ4n) is 1.28. The van der Waals surface area contributed by atoms with Gasteiger partial charge in [0.25, 0.3) is 0 Å². The van der Waals surface area contributed by atoms with E-state index in [2.05, 4.69) is 49.0 Å². The highest BCUT2D eigenvalue weighted by molar-refractivity contribution is 9.10. The van der Waals surface area contributed by atoms with E-state index in [4.69, 9.17) is 0 Å². The lowest BCUT2D eigenvalue weighted by Crippen LogP contribution is -1.84. The molecule has 1 atom stereocenters. The molecule has 0 aliphatic rings. The number of hydrogen-bond donors (Lipinski definition) is 0. The van der Waals surface area contributed by atoms with Crippen LogP contribution in [0.3, 0.4) is 0 Å². The van der Waals surface area contributed by atoms with Gasteiger partial charge in [0.05, 0.1) is 4.83 Å². The molecule has 0 aliphatic heterocycles. The zero-order valence-electron chi connectivity index (χ0n) is 8.65. The molecule has 0 fully saturated rings. The van der Waals surface area contributed by atoms with E-state index in [9.17, 15) is 0 Å². The summed E-state index contributed by atoms with van der Waals surface area (Å²) in [7, 11) is 0. The zero-order chi connectivity index (χ0) is 11.5. The van der Waals surface area contributed by atoms with Gasteiger partial charge in [0, 0.05) is 10.0 Å². The molecule has 2 aromatic rings. The van der Waals surface area contributed by atoms with Crippen LogP contribution < -0.4 is 0 Å². The first-order valence-corrected chi connectivity index (χ1v) is 7.47. The third-order valence-corrected chi connectivity index (χ3v) is 5.32. The number of halogens is 2. The van der Waals surface area contributed by atoms with Gasteiger partial charge in [-0.2, -0.15) is 0 Å². The van der Waals surface area contributed by atoms with Crippen LogP contribution in [0, 0.1) is 0 Å². The van der Waals surface area contributed by atoms with Crippen molar-refractivity contribution in [2.45, 2.75) is 18.2 Å². The summed E-state index contributed by atoms with van der Waals surface area (Å²) in [4.78, 5) is 0.307. The van der Waals surface area contributed by atoms with Crippen LogP contribution in [-0.2, 0) is 0 Å². The summed E-state index contributed by atoms with van der Waals surface area (Å²) in [6, 6.07) is 8.06. The minimum atomic E-state index is 0.307. The third kappa shape index (κ3) is 2.52. The Hall–Kier alpha value is -0.260. The summed E-state index contributed by atoms with van der Waals surface area (Å²) in [5.74, 6) is 0. The molecule has 84 valence electrons. The molecule has 1 aromatic heterocycles. The van der Waals surface area contributed by atoms with Gasteiger partial charge < -0.3 is 0 Å². The highest BCUT2D eigenvalue weighted by Crippen LogP contribution is 2.35. The molecule has 0 bridgehead atoms. The van der Waals surface area contributed by atoms with Crippen molar-refractivity contribution >= 4 is 43.2 Å². The summed E-state index contributed by atoms with van der Waals surface area (Å²) in [5, 5.41) is 10.4. The first-order valence-electron chi connectivity index (χ1n) is 4.94. The van der Waals surface area contributed by atoms with Crippen molar-refractivity contribution in [2.75, 3.05) is 0 Å². The molecule has 1 unspecified atom stereocenters. The lowest BCUT2D eigenvalue weighted by Gasteiger charge is -1.99. The van der Waals surface area contributed by atoms with Crippen LogP contribution in [0.15, 0.2) is 28.7 Å². The molecule has 5 heteroatoms. The Bertz CT molecular complexity index is 484. The quantitative estimate of drug-likeness (QED) is 0.733. The summed E-state index contributed by atoms with van der Waals surface area (Å²) in [6.45, 7) is 2.12. The van der Waals surface area contributed by atoms with Gasteiger partial charge in [0.2, 0.25) is 0 Å². The summed E-state index contributed by atoms with van der Waals surface area (Å²) in [5.41, 5.74) is 1.10. The van der Waals surface area contributed by atoms with Gasteiger partial charge in [-0.1, -0.05) is 68.3 Å². The highest BCUT2D eigenvalue weighted by atomic mass is 79.9. The Morgan fingerprint density at radius 3 is 2.75 bits per heavy atom. The number of benzene rings is 1. The van der Waals surface area contributed by atoms with Gasteiger partial charge in [-0.15, -0.1) is 10.2 Å². The maximum Gasteiger partial charge on any atom is 0.148 e. The van der Waals surface area contributed by atoms with E-state index < -0.39 is 0 Å². The largest absolute Gasteiger partial charge is 0.148 e. The lowest BCUT2D eigenvalue weighted by molar-refractivity contribution is 0.870. The average molecular weight is 362 g/mol. The molecule has 0 aliphatic carbocycles. The fraction of sp³-hybridized carbons (Fsp3) is 0.273. The zero-order valence-corrected chi connectivity index (χ0v) is 12.6. The topological polar surface area (TPSA) is 25.8 Å². The summed E-state index contributed by atoms with van der Waals surface area (Å²) in [6.07, 6.45) is 1.02. The van der Waals surface area contributed by atoms with Gasteiger partial charge in [-0.3, -0.25) is 0 Å². The molecule has 1 heterocycles. The molecule has 0 N–H and O–H groups in total. The summed E-state index contributed by atoms with van der Waals surface area (Å²) < 4.78 is 1.06. The number of rotatable bonds is 3. The molecule has 0 radical (unpaired) electrons. The predicted molar refractivity (Wildman–Crippen MR) is 75.0 cm³/mol. The second kappa shape index (κ2) is 5.38. The van der Waals surface area contributed by atoms with Gasteiger partial charge >= 0.3 is 0 Å². The van der Waals surface area contributed by atoms with Crippen molar-refractivity contribution in [2.24, 2.45) is 0 Å². The Morgan fingerprint density at radius 2 is 2.06 bits per heavy atom. The van der Waals surface area contributed by atoms with E-state index >= 15 is 0 Å². The second-order valence-electron chi connectivity index (χ2n) is 3.30. The highest BCUT2D eigenvalue weighted by Gasteiger charge is 2.13. The Morgan fingerprint density at radius 1 is 1.31 bits per heavy atom. The van der Waals surface area contributed by atoms with Gasteiger partial charge in [-0.05, 0) is 12.5 Å². The third-order valence-electron chi connectivity index (χ3n) is 2.17. The van der Waals surface area contributed by atoms with E-state index in [-0.39, 0.29) is 0 Å². The molecular formula is C11H10Br2N2S. The Balaban J connectivity index is 2.35. The maximum atomic E-state index is 4.22. The van der Waals surface area contributed by atoms with Crippen LogP contribution >= 0.6 is 43.2 Å². The van der Waals surface area contributed by atoms with E-state index in [0.29, 0.717) is 4.83 Å². The monoisotopic (exact) mass is 360 g/mol.